The molecule has 3 aromatic rings. The number of ether oxygens (including phenoxy) is 1. The number of para-hydroxylation sites is 1. The number of esters is 1. The van der Waals surface area contributed by atoms with Gasteiger partial charge in [0.2, 0.25) is 10.0 Å². The van der Waals surface area contributed by atoms with Crippen molar-refractivity contribution < 1.29 is 31.5 Å². The van der Waals surface area contributed by atoms with Crippen molar-refractivity contribution in [2.45, 2.75) is 24.3 Å². The van der Waals surface area contributed by atoms with Crippen LogP contribution in [0.2, 0.25) is 0 Å². The summed E-state index contributed by atoms with van der Waals surface area (Å²) >= 11 is 1.08. The lowest BCUT2D eigenvalue weighted by molar-refractivity contribution is -0.141. The van der Waals surface area contributed by atoms with Crippen LogP contribution in [0.5, 0.6) is 0 Å². The number of thiazole rings is 1. The molecule has 0 spiro atoms. The first kappa shape index (κ1) is 24.2. The van der Waals surface area contributed by atoms with E-state index in [9.17, 15) is 26.8 Å². The number of carbonyl (C=O) groups excluding carboxylic acids is 2. The van der Waals surface area contributed by atoms with Gasteiger partial charge in [0.25, 0.3) is 5.91 Å². The quantitative estimate of drug-likeness (QED) is 0.493. The highest BCUT2D eigenvalue weighted by Gasteiger charge is 2.32. The molecule has 0 bridgehead atoms. The molecular weight excluding hydrogens is 488 g/mol. The van der Waals surface area contributed by atoms with Crippen LogP contribution in [0.3, 0.4) is 0 Å². The summed E-state index contributed by atoms with van der Waals surface area (Å²) in [7, 11) is -2.59. The minimum atomic E-state index is -3.80. The number of hydrogen-bond acceptors (Lipinski definition) is 6. The van der Waals surface area contributed by atoms with Crippen LogP contribution < -0.4 is 4.80 Å². The van der Waals surface area contributed by atoms with Gasteiger partial charge in [-0.15, -0.1) is 0 Å². The van der Waals surface area contributed by atoms with Crippen LogP contribution in [0.15, 0.2) is 52.4 Å². The average Bonchev–Trinajstić information content (AvgIpc) is 3.17. The predicted octanol–water partition coefficient (Wildman–Crippen LogP) is 2.68. The summed E-state index contributed by atoms with van der Waals surface area (Å²) in [6, 6.07) is 9.03. The molecule has 1 aromatic heterocycles. The largest absolute Gasteiger partial charge is 0.468 e. The van der Waals surface area contributed by atoms with Crippen LogP contribution in [0.4, 0.5) is 8.78 Å². The fourth-order valence-corrected chi connectivity index (χ4v) is 6.32. The molecule has 1 aliphatic rings. The molecule has 2 aromatic carbocycles. The SMILES string of the molecule is COC(=O)Cn1c(=NC(=O)C2CCN(S(=O)(=O)c3ccc(F)cc3)CC2)sc2cccc(F)c21. The van der Waals surface area contributed by atoms with E-state index in [2.05, 4.69) is 9.73 Å². The summed E-state index contributed by atoms with van der Waals surface area (Å²) in [5.74, 6) is -2.69. The third-order valence-electron chi connectivity index (χ3n) is 5.63. The molecule has 12 heteroatoms. The molecule has 0 unspecified atom stereocenters. The molecule has 0 N–H and O–H groups in total. The Hall–Kier alpha value is -2.96. The summed E-state index contributed by atoms with van der Waals surface area (Å²) in [5, 5.41) is 0. The average molecular weight is 510 g/mol. The second-order valence-corrected chi connectivity index (χ2v) is 10.7. The lowest BCUT2D eigenvalue weighted by Gasteiger charge is -2.29. The van der Waals surface area contributed by atoms with E-state index in [1.165, 1.54) is 40.2 Å². The Balaban J connectivity index is 1.55. The lowest BCUT2D eigenvalue weighted by atomic mass is 9.98. The highest BCUT2D eigenvalue weighted by molar-refractivity contribution is 7.89. The van der Waals surface area contributed by atoms with Crippen LogP contribution in [-0.2, 0) is 30.9 Å². The lowest BCUT2D eigenvalue weighted by Crippen LogP contribution is -2.40. The van der Waals surface area contributed by atoms with Gasteiger partial charge in [-0.05, 0) is 49.2 Å². The summed E-state index contributed by atoms with van der Waals surface area (Å²) in [4.78, 5) is 29.1. The first-order valence-electron chi connectivity index (χ1n) is 10.4. The van der Waals surface area contributed by atoms with Crippen molar-refractivity contribution in [3.8, 4) is 0 Å². The molecule has 1 aliphatic heterocycles. The van der Waals surface area contributed by atoms with Crippen LogP contribution in [-0.4, -0.2) is 49.4 Å². The summed E-state index contributed by atoms with van der Waals surface area (Å²) in [5.41, 5.74) is 0.157. The van der Waals surface area contributed by atoms with Gasteiger partial charge in [0, 0.05) is 19.0 Å². The molecule has 1 fully saturated rings. The van der Waals surface area contributed by atoms with Crippen molar-refractivity contribution in [2.75, 3.05) is 20.2 Å². The van der Waals surface area contributed by atoms with Gasteiger partial charge in [0.1, 0.15) is 18.2 Å². The molecule has 0 aliphatic carbocycles. The molecule has 8 nitrogen and oxygen atoms in total. The number of fused-ring (bicyclic) bond motifs is 1. The predicted molar refractivity (Wildman–Crippen MR) is 120 cm³/mol. The normalized spacial score (nSPS) is 16.1. The Morgan fingerprint density at radius 3 is 2.44 bits per heavy atom. The van der Waals surface area contributed by atoms with E-state index in [1.54, 1.807) is 6.07 Å². The Morgan fingerprint density at radius 1 is 1.12 bits per heavy atom. The Kier molecular flexibility index (Phi) is 6.91. The zero-order valence-electron chi connectivity index (χ0n) is 18.1. The van der Waals surface area contributed by atoms with Crippen LogP contribution in [0.25, 0.3) is 10.2 Å². The van der Waals surface area contributed by atoms with Crippen molar-refractivity contribution in [1.29, 1.82) is 0 Å². The Labute approximate surface area is 198 Å². The number of piperidine rings is 1. The molecule has 34 heavy (non-hydrogen) atoms. The van der Waals surface area contributed by atoms with Crippen LogP contribution in [0, 0.1) is 17.6 Å². The molecule has 0 atom stereocenters. The summed E-state index contributed by atoms with van der Waals surface area (Å²) in [6.45, 7) is -0.0956. The van der Waals surface area contributed by atoms with Crippen LogP contribution >= 0.6 is 11.3 Å². The molecule has 4 rings (SSSR count). The molecule has 2 heterocycles. The summed E-state index contributed by atoms with van der Waals surface area (Å²) < 4.78 is 60.9. The maximum atomic E-state index is 14.4. The highest BCUT2D eigenvalue weighted by atomic mass is 32.2. The van der Waals surface area contributed by atoms with Crippen LogP contribution in [0.1, 0.15) is 12.8 Å². The monoisotopic (exact) mass is 509 g/mol. The van der Waals surface area contributed by atoms with Crippen molar-refractivity contribution in [1.82, 2.24) is 8.87 Å². The molecule has 1 amide bonds. The number of aromatic nitrogens is 1. The molecule has 0 saturated carbocycles. The smallest absolute Gasteiger partial charge is 0.325 e. The first-order valence-corrected chi connectivity index (χ1v) is 12.7. The van der Waals surface area contributed by atoms with Crippen molar-refractivity contribution >= 4 is 43.5 Å². The van der Waals surface area contributed by atoms with E-state index in [0.29, 0.717) is 4.70 Å². The molecule has 180 valence electrons. The number of amides is 1. The van der Waals surface area contributed by atoms with Gasteiger partial charge >= 0.3 is 5.97 Å². The fraction of sp³-hybridized carbons (Fsp3) is 0.318. The minimum Gasteiger partial charge on any atom is -0.468 e. The number of hydrogen-bond donors (Lipinski definition) is 0. The number of rotatable bonds is 5. The molecule has 1 saturated heterocycles. The number of benzene rings is 2. The van der Waals surface area contributed by atoms with E-state index in [1.807, 2.05) is 0 Å². The van der Waals surface area contributed by atoms with Gasteiger partial charge in [-0.1, -0.05) is 17.4 Å². The van der Waals surface area contributed by atoms with Gasteiger partial charge in [0.15, 0.2) is 4.80 Å². The summed E-state index contributed by atoms with van der Waals surface area (Å²) in [6.07, 6.45) is 0.498. The number of carbonyl (C=O) groups is 2. The second kappa shape index (κ2) is 9.72. The second-order valence-electron chi connectivity index (χ2n) is 7.72. The van der Waals surface area contributed by atoms with E-state index in [-0.39, 0.29) is 47.7 Å². The third kappa shape index (κ3) is 4.79. The van der Waals surface area contributed by atoms with Gasteiger partial charge < -0.3 is 9.30 Å². The standard InChI is InChI=1S/C22H21F2N3O5S2/c1-32-19(28)13-27-20-17(24)3-2-4-18(20)33-22(27)25-21(29)14-9-11-26(12-10-14)34(30,31)16-7-5-15(23)6-8-16/h2-8,14H,9-13H2,1H3. The minimum absolute atomic E-state index is 0.0143. The number of halogens is 2. The molecular formula is C22H21F2N3O5S2. The van der Waals surface area contributed by atoms with Crippen molar-refractivity contribution in [3.63, 3.8) is 0 Å². The van der Waals surface area contributed by atoms with E-state index < -0.39 is 39.5 Å². The van der Waals surface area contributed by atoms with E-state index in [0.717, 1.165) is 23.5 Å². The van der Waals surface area contributed by atoms with E-state index in [4.69, 9.17) is 0 Å². The number of sulfonamides is 1. The van der Waals surface area contributed by atoms with Crippen molar-refractivity contribution in [2.24, 2.45) is 10.9 Å². The first-order chi connectivity index (χ1) is 16.2. The molecule has 0 radical (unpaired) electrons. The van der Waals surface area contributed by atoms with Gasteiger partial charge in [-0.25, -0.2) is 17.2 Å². The zero-order chi connectivity index (χ0) is 24.5. The topological polar surface area (TPSA) is 98.0 Å². The third-order valence-corrected chi connectivity index (χ3v) is 8.58. The van der Waals surface area contributed by atoms with Gasteiger partial charge in [0.05, 0.1) is 22.2 Å². The fourth-order valence-electron chi connectivity index (χ4n) is 3.80. The van der Waals surface area contributed by atoms with Gasteiger partial charge in [-0.3, -0.25) is 9.59 Å². The maximum Gasteiger partial charge on any atom is 0.325 e. The van der Waals surface area contributed by atoms with Gasteiger partial charge in [-0.2, -0.15) is 9.30 Å². The number of nitrogens with zero attached hydrogens (tertiary/aromatic N) is 3. The zero-order valence-corrected chi connectivity index (χ0v) is 19.7. The van der Waals surface area contributed by atoms with Crippen molar-refractivity contribution in [3.05, 3.63) is 58.9 Å². The maximum absolute atomic E-state index is 14.4. The number of methoxy groups -OCH3 is 1. The highest BCUT2D eigenvalue weighted by Crippen LogP contribution is 2.25. The Bertz CT molecular complexity index is 1410. The van der Waals surface area contributed by atoms with E-state index >= 15 is 0 Å². The Morgan fingerprint density at radius 2 is 1.79 bits per heavy atom.